The molecular formula is C17H21Cl2N. The van der Waals surface area contributed by atoms with Gasteiger partial charge < -0.3 is 5.32 Å². The number of nitrogens with one attached hydrogen (secondary N) is 1. The average Bonchev–Trinajstić information content (AvgIpc) is 2.40. The standard InChI is InChI=1S/C17H21Cl2N/c18-15-2-1-3-16(19)14(15)9-20-17-12-5-10-4-11(7-12)8-13(17)6-10/h1-3,10-13,17,20H,4-9H2. The molecule has 1 nitrogen and oxygen atoms in total. The van der Waals surface area contributed by atoms with Crippen molar-refractivity contribution in [1.29, 1.82) is 0 Å². The first-order valence-corrected chi connectivity index (χ1v) is 8.62. The van der Waals surface area contributed by atoms with E-state index in [0.717, 1.165) is 45.8 Å². The van der Waals surface area contributed by atoms with E-state index in [1.807, 2.05) is 18.2 Å². The van der Waals surface area contributed by atoms with E-state index < -0.39 is 0 Å². The van der Waals surface area contributed by atoms with E-state index in [-0.39, 0.29) is 0 Å². The predicted octanol–water partition coefficient (Wildman–Crippen LogP) is 4.91. The van der Waals surface area contributed by atoms with Gasteiger partial charge in [0.05, 0.1) is 0 Å². The summed E-state index contributed by atoms with van der Waals surface area (Å²) in [7, 11) is 0. The molecule has 1 aromatic rings. The third-order valence-electron chi connectivity index (χ3n) is 5.80. The largest absolute Gasteiger partial charge is 0.309 e. The molecule has 4 saturated carbocycles. The van der Waals surface area contributed by atoms with Crippen molar-refractivity contribution in [3.8, 4) is 0 Å². The normalized spacial score (nSPS) is 38.4. The Bertz CT molecular complexity index is 465. The highest BCUT2D eigenvalue weighted by atomic mass is 35.5. The van der Waals surface area contributed by atoms with Gasteiger partial charge in [0, 0.05) is 28.2 Å². The molecule has 1 N–H and O–H groups in total. The van der Waals surface area contributed by atoms with Crippen molar-refractivity contribution in [3.05, 3.63) is 33.8 Å². The van der Waals surface area contributed by atoms with Gasteiger partial charge in [-0.25, -0.2) is 0 Å². The number of hydrogen-bond donors (Lipinski definition) is 1. The zero-order valence-corrected chi connectivity index (χ0v) is 13.1. The molecule has 0 aliphatic heterocycles. The summed E-state index contributed by atoms with van der Waals surface area (Å²) >= 11 is 12.5. The Kier molecular flexibility index (Phi) is 3.48. The van der Waals surface area contributed by atoms with Crippen LogP contribution in [0.2, 0.25) is 10.0 Å². The smallest absolute Gasteiger partial charge is 0.0465 e. The van der Waals surface area contributed by atoms with Gasteiger partial charge in [0.2, 0.25) is 0 Å². The summed E-state index contributed by atoms with van der Waals surface area (Å²) in [5.41, 5.74) is 1.06. The van der Waals surface area contributed by atoms with Crippen LogP contribution in [-0.2, 0) is 6.54 Å². The topological polar surface area (TPSA) is 12.0 Å². The second-order valence-corrected chi connectivity index (χ2v) is 7.85. The van der Waals surface area contributed by atoms with Crippen molar-refractivity contribution in [2.45, 2.75) is 44.7 Å². The lowest BCUT2D eigenvalue weighted by Gasteiger charge is -2.54. The van der Waals surface area contributed by atoms with Gasteiger partial charge in [-0.05, 0) is 67.9 Å². The zero-order chi connectivity index (χ0) is 13.7. The van der Waals surface area contributed by atoms with Crippen LogP contribution in [0.4, 0.5) is 0 Å². The second kappa shape index (κ2) is 5.19. The number of halogens is 2. The van der Waals surface area contributed by atoms with Crippen LogP contribution in [0.5, 0.6) is 0 Å². The molecule has 0 radical (unpaired) electrons. The fourth-order valence-corrected chi connectivity index (χ4v) is 5.71. The molecule has 0 amide bonds. The third-order valence-corrected chi connectivity index (χ3v) is 6.51. The van der Waals surface area contributed by atoms with Crippen LogP contribution in [0.15, 0.2) is 18.2 Å². The minimum Gasteiger partial charge on any atom is -0.309 e. The van der Waals surface area contributed by atoms with Crippen LogP contribution in [-0.4, -0.2) is 6.04 Å². The first kappa shape index (κ1) is 13.4. The molecule has 108 valence electrons. The summed E-state index contributed by atoms with van der Waals surface area (Å²) in [6.45, 7) is 0.811. The predicted molar refractivity (Wildman–Crippen MR) is 84.1 cm³/mol. The van der Waals surface area contributed by atoms with Crippen LogP contribution in [0.1, 0.15) is 37.7 Å². The molecule has 1 aromatic carbocycles. The van der Waals surface area contributed by atoms with E-state index in [0.29, 0.717) is 6.04 Å². The fraction of sp³-hybridized carbons (Fsp3) is 0.647. The Labute approximate surface area is 131 Å². The van der Waals surface area contributed by atoms with Crippen molar-refractivity contribution in [2.75, 3.05) is 0 Å². The Balaban J connectivity index is 1.47. The molecule has 5 rings (SSSR count). The van der Waals surface area contributed by atoms with E-state index in [4.69, 9.17) is 23.2 Å². The molecule has 20 heavy (non-hydrogen) atoms. The highest BCUT2D eigenvalue weighted by Gasteiger charge is 2.47. The Morgan fingerprint density at radius 2 is 1.45 bits per heavy atom. The van der Waals surface area contributed by atoms with Gasteiger partial charge in [-0.2, -0.15) is 0 Å². The first-order chi connectivity index (χ1) is 9.70. The summed E-state index contributed by atoms with van der Waals surface area (Å²) in [6, 6.07) is 6.47. The van der Waals surface area contributed by atoms with Crippen molar-refractivity contribution in [3.63, 3.8) is 0 Å². The maximum atomic E-state index is 6.27. The Morgan fingerprint density at radius 3 is 2.00 bits per heavy atom. The molecular weight excluding hydrogens is 289 g/mol. The molecule has 4 fully saturated rings. The van der Waals surface area contributed by atoms with Crippen molar-refractivity contribution < 1.29 is 0 Å². The maximum absolute atomic E-state index is 6.27. The molecule has 0 aromatic heterocycles. The van der Waals surface area contributed by atoms with Crippen LogP contribution < -0.4 is 5.32 Å². The summed E-state index contributed by atoms with van der Waals surface area (Å²) < 4.78 is 0. The zero-order valence-electron chi connectivity index (χ0n) is 11.6. The van der Waals surface area contributed by atoms with Gasteiger partial charge in [-0.15, -0.1) is 0 Å². The quantitative estimate of drug-likeness (QED) is 0.836. The van der Waals surface area contributed by atoms with Gasteiger partial charge in [0.1, 0.15) is 0 Å². The number of benzene rings is 1. The number of hydrogen-bond acceptors (Lipinski definition) is 1. The Morgan fingerprint density at radius 1 is 0.900 bits per heavy atom. The molecule has 4 bridgehead atoms. The minimum atomic E-state index is 0.690. The van der Waals surface area contributed by atoms with Crippen molar-refractivity contribution >= 4 is 23.2 Å². The Hall–Kier alpha value is -0.240. The molecule has 0 spiro atoms. The van der Waals surface area contributed by atoms with Crippen LogP contribution in [0.25, 0.3) is 0 Å². The summed E-state index contributed by atoms with van der Waals surface area (Å²) in [5.74, 6) is 3.85. The van der Waals surface area contributed by atoms with Gasteiger partial charge in [0.15, 0.2) is 0 Å². The third kappa shape index (κ3) is 2.28. The fourth-order valence-electron chi connectivity index (χ4n) is 5.18. The molecule has 0 saturated heterocycles. The summed E-state index contributed by atoms with van der Waals surface area (Å²) in [6.07, 6.45) is 7.29. The van der Waals surface area contributed by atoms with Crippen molar-refractivity contribution in [2.24, 2.45) is 23.7 Å². The van der Waals surface area contributed by atoms with E-state index in [1.54, 1.807) is 0 Å². The average molecular weight is 310 g/mol. The highest BCUT2D eigenvalue weighted by Crippen LogP contribution is 2.53. The first-order valence-electron chi connectivity index (χ1n) is 7.87. The van der Waals surface area contributed by atoms with Crippen molar-refractivity contribution in [1.82, 2.24) is 5.32 Å². The highest BCUT2D eigenvalue weighted by molar-refractivity contribution is 6.35. The van der Waals surface area contributed by atoms with E-state index in [2.05, 4.69) is 5.32 Å². The van der Waals surface area contributed by atoms with Gasteiger partial charge in [0.25, 0.3) is 0 Å². The van der Waals surface area contributed by atoms with Crippen LogP contribution >= 0.6 is 23.2 Å². The monoisotopic (exact) mass is 309 g/mol. The van der Waals surface area contributed by atoms with Gasteiger partial charge in [-0.1, -0.05) is 29.3 Å². The van der Waals surface area contributed by atoms with E-state index in [9.17, 15) is 0 Å². The van der Waals surface area contributed by atoms with E-state index >= 15 is 0 Å². The molecule has 0 heterocycles. The molecule has 4 aliphatic rings. The molecule has 0 atom stereocenters. The molecule has 3 heteroatoms. The lowest BCUT2D eigenvalue weighted by atomic mass is 9.54. The minimum absolute atomic E-state index is 0.690. The molecule has 4 aliphatic carbocycles. The summed E-state index contributed by atoms with van der Waals surface area (Å²) in [4.78, 5) is 0. The number of rotatable bonds is 3. The molecule has 0 unspecified atom stereocenters. The van der Waals surface area contributed by atoms with E-state index in [1.165, 1.54) is 32.1 Å². The van der Waals surface area contributed by atoms with Crippen LogP contribution in [0.3, 0.4) is 0 Å². The lowest BCUT2D eigenvalue weighted by Crippen LogP contribution is -2.54. The lowest BCUT2D eigenvalue weighted by molar-refractivity contribution is -0.0142. The van der Waals surface area contributed by atoms with Gasteiger partial charge >= 0.3 is 0 Å². The SMILES string of the molecule is Clc1cccc(Cl)c1CNC1C2CC3CC(C2)CC1C3. The van der Waals surface area contributed by atoms with Crippen LogP contribution in [0, 0.1) is 23.7 Å². The second-order valence-electron chi connectivity index (χ2n) is 7.04. The maximum Gasteiger partial charge on any atom is 0.0465 e. The van der Waals surface area contributed by atoms with Gasteiger partial charge in [-0.3, -0.25) is 0 Å². The summed E-state index contributed by atoms with van der Waals surface area (Å²) in [5, 5.41) is 5.37.